The Bertz CT molecular complexity index is 854. The largest absolute Gasteiger partial charge is 1.00 e. The second-order valence-electron chi connectivity index (χ2n) is 7.36. The van der Waals surface area contributed by atoms with Crippen LogP contribution in [0.2, 0.25) is 13.1 Å². The van der Waals surface area contributed by atoms with Crippen molar-refractivity contribution >= 4 is 17.6 Å². The number of benzene rings is 2. The van der Waals surface area contributed by atoms with Gasteiger partial charge in [-0.3, -0.25) is 0 Å². The van der Waals surface area contributed by atoms with Crippen LogP contribution in [-0.2, 0) is 20.1 Å². The van der Waals surface area contributed by atoms with Crippen LogP contribution in [0.15, 0.2) is 59.7 Å². The van der Waals surface area contributed by atoms with Crippen molar-refractivity contribution in [3.05, 3.63) is 81.9 Å². The van der Waals surface area contributed by atoms with Gasteiger partial charge in [-0.25, -0.2) is 0 Å². The molecule has 0 amide bonds. The summed E-state index contributed by atoms with van der Waals surface area (Å²) >= 11 is -1.96. The van der Waals surface area contributed by atoms with E-state index >= 15 is 0 Å². The first-order chi connectivity index (χ1) is 11.6. The fourth-order valence-electron chi connectivity index (χ4n) is 4.53. The molecule has 2 aliphatic rings. The Morgan fingerprint density at radius 3 is 1.46 bits per heavy atom. The van der Waals surface area contributed by atoms with Crippen LogP contribution in [-0.4, -0.2) is 5.49 Å². The molecule has 4 heteroatoms. The molecule has 0 radical (unpaired) electrons. The third-order valence-electron chi connectivity index (χ3n) is 5.49. The molecule has 134 valence electrons. The third-order valence-corrected chi connectivity index (χ3v) is 33.8. The minimum atomic E-state index is -1.96. The van der Waals surface area contributed by atoms with Gasteiger partial charge in [-0.05, 0) is 0 Å². The fourth-order valence-corrected chi connectivity index (χ4v) is 34.0. The molecule has 0 N–H and O–H groups in total. The predicted molar refractivity (Wildman–Crippen MR) is 103 cm³/mol. The number of rotatable bonds is 2. The average Bonchev–Trinajstić information content (AvgIpc) is 3.05. The Morgan fingerprint density at radius 1 is 0.692 bits per heavy atom. The molecule has 0 nitrogen and oxygen atoms in total. The summed E-state index contributed by atoms with van der Waals surface area (Å²) in [6, 6.07) is 18.3. The Hall–Kier alpha value is -0.413. The average molecular weight is 566 g/mol. The van der Waals surface area contributed by atoms with Crippen molar-refractivity contribution in [2.24, 2.45) is 0 Å². The normalized spacial score (nSPS) is 19.0. The summed E-state index contributed by atoms with van der Waals surface area (Å²) in [4.78, 5) is 0. The molecule has 0 aromatic heterocycles. The van der Waals surface area contributed by atoms with E-state index in [-0.39, 0.29) is 30.3 Å². The van der Waals surface area contributed by atoms with Gasteiger partial charge in [0.1, 0.15) is 0 Å². The van der Waals surface area contributed by atoms with Crippen LogP contribution in [0.25, 0.3) is 12.2 Å². The first-order valence-corrected chi connectivity index (χ1v) is 20.8. The van der Waals surface area contributed by atoms with Gasteiger partial charge in [0, 0.05) is 0 Å². The molecule has 0 bridgehead atoms. The second-order valence-corrected chi connectivity index (χ2v) is 32.3. The number of halogens is 2. The first kappa shape index (κ1) is 21.9. The zero-order valence-electron chi connectivity index (χ0n) is 15.7. The first-order valence-electron chi connectivity index (χ1n) is 8.79. The second kappa shape index (κ2) is 8.73. The summed E-state index contributed by atoms with van der Waals surface area (Å²) in [6.45, 7) is 9.96. The molecule has 2 aromatic carbocycles. The van der Waals surface area contributed by atoms with Crippen molar-refractivity contribution in [3.8, 4) is 0 Å². The number of hydrogen-bond acceptors (Lipinski definition) is 0. The minimum Gasteiger partial charge on any atom is -1.00 e. The van der Waals surface area contributed by atoms with E-state index in [2.05, 4.69) is 87.6 Å². The molecular weight excluding hydrogens is 542 g/mol. The number of allylic oxidation sites excluding steroid dienone is 2. The quantitative estimate of drug-likeness (QED) is 0.456. The molecule has 2 aliphatic carbocycles. The van der Waals surface area contributed by atoms with Crippen LogP contribution in [0.1, 0.15) is 43.5 Å². The van der Waals surface area contributed by atoms with E-state index in [4.69, 9.17) is 0 Å². The molecular formula is C22H24Cl2HfSi. The summed E-state index contributed by atoms with van der Waals surface area (Å²) in [5.41, 5.74) is 9.27. The zero-order chi connectivity index (χ0) is 16.8. The van der Waals surface area contributed by atoms with E-state index in [9.17, 15) is 0 Å². The van der Waals surface area contributed by atoms with Gasteiger partial charge in [-0.15, -0.1) is 0 Å². The van der Waals surface area contributed by atoms with Crippen LogP contribution in [0.3, 0.4) is 0 Å². The summed E-state index contributed by atoms with van der Waals surface area (Å²) in [5, 5.41) is 0. The molecule has 0 saturated heterocycles. The smallest absolute Gasteiger partial charge is 1.00 e. The van der Waals surface area contributed by atoms with Crippen molar-refractivity contribution in [1.29, 1.82) is 0 Å². The molecule has 0 heterocycles. The summed E-state index contributed by atoms with van der Waals surface area (Å²) in [7, 11) is 0. The van der Waals surface area contributed by atoms with Crippen LogP contribution >= 0.6 is 0 Å². The van der Waals surface area contributed by atoms with Crippen LogP contribution in [0.5, 0.6) is 0 Å². The molecule has 26 heavy (non-hydrogen) atoms. The van der Waals surface area contributed by atoms with Gasteiger partial charge >= 0.3 is 154 Å². The maximum absolute atomic E-state index is 2.59. The molecule has 0 aliphatic heterocycles. The van der Waals surface area contributed by atoms with E-state index in [1.54, 1.807) is 22.3 Å². The molecule has 0 saturated carbocycles. The van der Waals surface area contributed by atoms with Gasteiger partial charge in [0.2, 0.25) is 0 Å². The van der Waals surface area contributed by atoms with Crippen molar-refractivity contribution in [1.82, 2.24) is 0 Å². The van der Waals surface area contributed by atoms with Crippen molar-refractivity contribution in [2.45, 2.75) is 34.3 Å². The summed E-state index contributed by atoms with van der Waals surface area (Å²) in [5.74, 6) is 0. The van der Waals surface area contributed by atoms with E-state index in [0.29, 0.717) is 0 Å². The van der Waals surface area contributed by atoms with Crippen molar-refractivity contribution in [3.63, 3.8) is 0 Å². The van der Waals surface area contributed by atoms with Gasteiger partial charge < -0.3 is 24.8 Å². The summed E-state index contributed by atoms with van der Waals surface area (Å²) in [6.07, 6.45) is 4.94. The maximum atomic E-state index is 2.59. The Morgan fingerprint density at radius 2 is 1.08 bits per heavy atom. The van der Waals surface area contributed by atoms with Crippen molar-refractivity contribution in [2.75, 3.05) is 0 Å². The summed E-state index contributed by atoms with van der Waals surface area (Å²) < 4.78 is 1.57. The van der Waals surface area contributed by atoms with Gasteiger partial charge in [0.05, 0.1) is 0 Å². The maximum Gasteiger partial charge on any atom is -1.00 e. The standard InChI is InChI=1S/2C10H9.C2H6Si.2ClH.Hf/c2*1-8-6-9-4-2-3-5-10(9)7-8;1-3-2;;;/h2*2-7H,1H3;1-2H3;2*1H;/q;;;;;+2/p-2. The topological polar surface area (TPSA) is 0 Å². The SMILES string of the molecule is CC1=Cc2ccccc2[CH]1[Hf+2]([CH]1C(C)=Cc2ccccc21)=[Si](C)C.[Cl-].[Cl-]. The number of fused-ring (bicyclic) bond motifs is 2. The van der Waals surface area contributed by atoms with E-state index in [1.165, 1.54) is 11.1 Å². The number of hydrogen-bond donors (Lipinski definition) is 0. The van der Waals surface area contributed by atoms with E-state index in [0.717, 1.165) is 7.35 Å². The Kier molecular flexibility index (Phi) is 7.35. The van der Waals surface area contributed by atoms with Gasteiger partial charge in [0.25, 0.3) is 0 Å². The van der Waals surface area contributed by atoms with Crippen molar-refractivity contribution < 1.29 is 44.9 Å². The van der Waals surface area contributed by atoms with Gasteiger partial charge in [-0.1, -0.05) is 0 Å². The van der Waals surface area contributed by atoms with Crippen LogP contribution in [0, 0.1) is 0 Å². The molecule has 2 atom stereocenters. The Balaban J connectivity index is 0.00000121. The molecule has 4 rings (SSSR count). The van der Waals surface area contributed by atoms with E-state index in [1.807, 2.05) is 0 Å². The molecule has 2 aromatic rings. The van der Waals surface area contributed by atoms with Gasteiger partial charge in [0.15, 0.2) is 0 Å². The zero-order valence-corrected chi connectivity index (χ0v) is 21.8. The van der Waals surface area contributed by atoms with Crippen LogP contribution < -0.4 is 24.8 Å². The fraction of sp³-hybridized carbons (Fsp3) is 0.273. The van der Waals surface area contributed by atoms with Gasteiger partial charge in [-0.2, -0.15) is 0 Å². The minimum absolute atomic E-state index is 0. The Labute approximate surface area is 177 Å². The predicted octanol–water partition coefficient (Wildman–Crippen LogP) is 0.180. The van der Waals surface area contributed by atoms with E-state index < -0.39 is 20.1 Å². The molecule has 0 spiro atoms. The third kappa shape index (κ3) is 3.63. The monoisotopic (exact) mass is 566 g/mol. The molecule has 0 fully saturated rings. The van der Waals surface area contributed by atoms with Crippen LogP contribution in [0.4, 0.5) is 0 Å². The molecule has 2 unspecified atom stereocenters.